The highest BCUT2D eigenvalue weighted by Gasteiger charge is 2.22. The minimum atomic E-state index is 0.247. The SMILES string of the molecule is CCc1cc(CC2CCCCC2=O)ccc1OC. The summed E-state index contributed by atoms with van der Waals surface area (Å²) in [6, 6.07) is 6.32. The second-order valence-electron chi connectivity index (χ2n) is 5.11. The lowest BCUT2D eigenvalue weighted by Gasteiger charge is -2.20. The number of benzene rings is 1. The number of ether oxygens (including phenoxy) is 1. The lowest BCUT2D eigenvalue weighted by molar-refractivity contribution is -0.124. The third-order valence-electron chi connectivity index (χ3n) is 3.89. The third kappa shape index (κ3) is 2.92. The molecule has 2 rings (SSSR count). The van der Waals surface area contributed by atoms with E-state index in [0.29, 0.717) is 5.78 Å². The maximum Gasteiger partial charge on any atom is 0.136 e. The molecular weight excluding hydrogens is 224 g/mol. The molecular formula is C16H22O2. The molecule has 18 heavy (non-hydrogen) atoms. The van der Waals surface area contributed by atoms with Gasteiger partial charge in [-0.1, -0.05) is 25.5 Å². The van der Waals surface area contributed by atoms with E-state index >= 15 is 0 Å². The van der Waals surface area contributed by atoms with Crippen molar-refractivity contribution in [1.82, 2.24) is 0 Å². The zero-order chi connectivity index (χ0) is 13.0. The van der Waals surface area contributed by atoms with E-state index in [1.165, 1.54) is 17.5 Å². The Labute approximate surface area is 109 Å². The minimum Gasteiger partial charge on any atom is -0.496 e. The zero-order valence-electron chi connectivity index (χ0n) is 11.4. The van der Waals surface area contributed by atoms with E-state index in [2.05, 4.69) is 19.1 Å². The highest BCUT2D eigenvalue weighted by atomic mass is 16.5. The van der Waals surface area contributed by atoms with Crippen LogP contribution in [-0.2, 0) is 17.6 Å². The Bertz CT molecular complexity index is 423. The molecule has 0 aliphatic heterocycles. The summed E-state index contributed by atoms with van der Waals surface area (Å²) in [5, 5.41) is 0. The number of carbonyl (C=O) groups is 1. The number of carbonyl (C=O) groups excluding carboxylic acids is 1. The number of methoxy groups -OCH3 is 1. The Morgan fingerprint density at radius 3 is 2.83 bits per heavy atom. The van der Waals surface area contributed by atoms with Gasteiger partial charge < -0.3 is 4.74 Å². The second kappa shape index (κ2) is 6.03. The van der Waals surface area contributed by atoms with Crippen LogP contribution in [-0.4, -0.2) is 12.9 Å². The highest BCUT2D eigenvalue weighted by molar-refractivity contribution is 5.81. The standard InChI is InChI=1S/C16H22O2/c1-3-13-10-12(8-9-16(13)18-2)11-14-6-4-5-7-15(14)17/h8-10,14H,3-7,11H2,1-2H3. The molecule has 1 fully saturated rings. The molecule has 0 saturated heterocycles. The van der Waals surface area contributed by atoms with Crippen molar-refractivity contribution >= 4 is 5.78 Å². The normalized spacial score (nSPS) is 19.9. The summed E-state index contributed by atoms with van der Waals surface area (Å²) in [6.07, 6.45) is 5.99. The van der Waals surface area contributed by atoms with Gasteiger partial charge in [-0.3, -0.25) is 4.79 Å². The van der Waals surface area contributed by atoms with Crippen molar-refractivity contribution in [1.29, 1.82) is 0 Å². The van der Waals surface area contributed by atoms with E-state index in [9.17, 15) is 4.79 Å². The molecule has 1 aliphatic carbocycles. The molecule has 1 aliphatic rings. The molecule has 0 heterocycles. The molecule has 2 nitrogen and oxygen atoms in total. The van der Waals surface area contributed by atoms with Gasteiger partial charge >= 0.3 is 0 Å². The van der Waals surface area contributed by atoms with Crippen molar-refractivity contribution < 1.29 is 9.53 Å². The van der Waals surface area contributed by atoms with Gasteiger partial charge in [0.05, 0.1) is 7.11 Å². The first kappa shape index (κ1) is 13.1. The van der Waals surface area contributed by atoms with Crippen LogP contribution >= 0.6 is 0 Å². The van der Waals surface area contributed by atoms with Crippen molar-refractivity contribution in [2.45, 2.75) is 45.4 Å². The number of aryl methyl sites for hydroxylation is 1. The predicted octanol–water partition coefficient (Wildman–Crippen LogP) is 3.56. The van der Waals surface area contributed by atoms with E-state index in [4.69, 9.17) is 4.74 Å². The summed E-state index contributed by atoms with van der Waals surface area (Å²) in [5.74, 6) is 1.66. The van der Waals surface area contributed by atoms with Gasteiger partial charge in [0.15, 0.2) is 0 Å². The molecule has 1 saturated carbocycles. The van der Waals surface area contributed by atoms with Crippen LogP contribution in [0.25, 0.3) is 0 Å². The van der Waals surface area contributed by atoms with Gasteiger partial charge in [0, 0.05) is 12.3 Å². The van der Waals surface area contributed by atoms with E-state index in [-0.39, 0.29) is 5.92 Å². The van der Waals surface area contributed by atoms with Crippen LogP contribution in [0.3, 0.4) is 0 Å². The molecule has 0 bridgehead atoms. The fourth-order valence-corrected chi connectivity index (χ4v) is 2.79. The molecule has 98 valence electrons. The molecule has 1 aromatic rings. The minimum absolute atomic E-state index is 0.247. The van der Waals surface area contributed by atoms with E-state index in [1.54, 1.807) is 7.11 Å². The number of ketones is 1. The molecule has 0 aromatic heterocycles. The molecule has 1 aromatic carbocycles. The fraction of sp³-hybridized carbons (Fsp3) is 0.562. The topological polar surface area (TPSA) is 26.3 Å². The lowest BCUT2D eigenvalue weighted by Crippen LogP contribution is -2.21. The van der Waals surface area contributed by atoms with Crippen molar-refractivity contribution in [3.05, 3.63) is 29.3 Å². The van der Waals surface area contributed by atoms with Crippen LogP contribution in [0.2, 0.25) is 0 Å². The maximum absolute atomic E-state index is 11.9. The van der Waals surface area contributed by atoms with Gasteiger partial charge in [-0.05, 0) is 42.9 Å². The summed E-state index contributed by atoms with van der Waals surface area (Å²) >= 11 is 0. The van der Waals surface area contributed by atoms with Gasteiger partial charge in [-0.2, -0.15) is 0 Å². The average molecular weight is 246 g/mol. The third-order valence-corrected chi connectivity index (χ3v) is 3.89. The molecule has 0 radical (unpaired) electrons. The summed E-state index contributed by atoms with van der Waals surface area (Å²) in [7, 11) is 1.71. The number of hydrogen-bond acceptors (Lipinski definition) is 2. The van der Waals surface area contributed by atoms with Crippen molar-refractivity contribution in [2.24, 2.45) is 5.92 Å². The predicted molar refractivity (Wildman–Crippen MR) is 73.0 cm³/mol. The van der Waals surface area contributed by atoms with Gasteiger partial charge in [0.25, 0.3) is 0 Å². The summed E-state index contributed by atoms with van der Waals surface area (Å²) in [5.41, 5.74) is 2.51. The monoisotopic (exact) mass is 246 g/mol. The van der Waals surface area contributed by atoms with Gasteiger partial charge in [-0.15, -0.1) is 0 Å². The first-order chi connectivity index (χ1) is 8.74. The molecule has 1 atom stereocenters. The van der Waals surface area contributed by atoms with Crippen LogP contribution in [0.4, 0.5) is 0 Å². The van der Waals surface area contributed by atoms with Crippen LogP contribution in [0.1, 0.15) is 43.7 Å². The molecule has 0 N–H and O–H groups in total. The summed E-state index contributed by atoms with van der Waals surface area (Å²) < 4.78 is 5.34. The number of hydrogen-bond donors (Lipinski definition) is 0. The van der Waals surface area contributed by atoms with Crippen molar-refractivity contribution in [3.8, 4) is 5.75 Å². The Morgan fingerprint density at radius 2 is 2.17 bits per heavy atom. The van der Waals surface area contributed by atoms with Crippen LogP contribution in [0.15, 0.2) is 18.2 Å². The molecule has 0 spiro atoms. The van der Waals surface area contributed by atoms with E-state index in [0.717, 1.165) is 37.9 Å². The second-order valence-corrected chi connectivity index (χ2v) is 5.11. The van der Waals surface area contributed by atoms with Crippen LogP contribution in [0.5, 0.6) is 5.75 Å². The van der Waals surface area contributed by atoms with Gasteiger partial charge in [0.1, 0.15) is 11.5 Å². The summed E-state index contributed by atoms with van der Waals surface area (Å²) in [6.45, 7) is 2.13. The summed E-state index contributed by atoms with van der Waals surface area (Å²) in [4.78, 5) is 11.9. The Kier molecular flexibility index (Phi) is 4.40. The quantitative estimate of drug-likeness (QED) is 0.812. The van der Waals surface area contributed by atoms with Crippen molar-refractivity contribution in [2.75, 3.05) is 7.11 Å². The molecule has 1 unspecified atom stereocenters. The first-order valence-electron chi connectivity index (χ1n) is 6.93. The largest absolute Gasteiger partial charge is 0.496 e. The number of rotatable bonds is 4. The molecule has 0 amide bonds. The maximum atomic E-state index is 11.9. The van der Waals surface area contributed by atoms with Crippen LogP contribution in [0, 0.1) is 5.92 Å². The molecule has 2 heteroatoms. The number of Topliss-reactive ketones (excluding diaryl/α,β-unsaturated/α-hetero) is 1. The fourth-order valence-electron chi connectivity index (χ4n) is 2.79. The van der Waals surface area contributed by atoms with E-state index in [1.807, 2.05) is 6.07 Å². The average Bonchev–Trinajstić information content (AvgIpc) is 2.41. The first-order valence-corrected chi connectivity index (χ1v) is 6.93. The zero-order valence-corrected chi connectivity index (χ0v) is 11.4. The Hall–Kier alpha value is -1.31. The van der Waals surface area contributed by atoms with Gasteiger partial charge in [0.2, 0.25) is 0 Å². The highest BCUT2D eigenvalue weighted by Crippen LogP contribution is 2.27. The van der Waals surface area contributed by atoms with E-state index < -0.39 is 0 Å². The smallest absolute Gasteiger partial charge is 0.136 e. The van der Waals surface area contributed by atoms with Crippen molar-refractivity contribution in [3.63, 3.8) is 0 Å². The Balaban J connectivity index is 2.11. The lowest BCUT2D eigenvalue weighted by atomic mass is 9.83. The van der Waals surface area contributed by atoms with Gasteiger partial charge in [-0.25, -0.2) is 0 Å². The van der Waals surface area contributed by atoms with Crippen LogP contribution < -0.4 is 4.74 Å². The Morgan fingerprint density at radius 1 is 1.33 bits per heavy atom.